The lowest BCUT2D eigenvalue weighted by Crippen LogP contribution is -2.40. The summed E-state index contributed by atoms with van der Waals surface area (Å²) in [5.41, 5.74) is 7.71. The number of hydrogen-bond acceptors (Lipinski definition) is 2. The molecule has 0 radical (unpaired) electrons. The summed E-state index contributed by atoms with van der Waals surface area (Å²) in [7, 11) is 0. The highest BCUT2D eigenvalue weighted by atomic mass is 19.1. The summed E-state index contributed by atoms with van der Waals surface area (Å²) in [5, 5.41) is 0. The molecule has 2 bridgehead atoms. The summed E-state index contributed by atoms with van der Waals surface area (Å²) in [6.07, 6.45) is 7.98. The quantitative estimate of drug-likeness (QED) is 0.611. The molecule has 2 N–H and O–H groups in total. The largest absolute Gasteiger partial charge is 0.454 e. The zero-order valence-corrected chi connectivity index (χ0v) is 16.4. The Morgan fingerprint density at radius 2 is 1.70 bits per heavy atom. The number of fused-ring (bicyclic) bond motifs is 2. The van der Waals surface area contributed by atoms with Crippen LogP contribution in [0.1, 0.15) is 57.9 Å². The molecule has 2 aliphatic carbocycles. The molecule has 4 rings (SSSR count). The van der Waals surface area contributed by atoms with Gasteiger partial charge in [0.05, 0.1) is 0 Å². The summed E-state index contributed by atoms with van der Waals surface area (Å²) in [5.74, 6) is 3.06. The molecule has 144 valence electrons. The van der Waals surface area contributed by atoms with Crippen LogP contribution in [0.4, 0.5) is 10.1 Å². The van der Waals surface area contributed by atoms with Gasteiger partial charge in [0.1, 0.15) is 5.75 Å². The van der Waals surface area contributed by atoms with E-state index in [1.807, 2.05) is 12.1 Å². The van der Waals surface area contributed by atoms with Gasteiger partial charge in [-0.2, -0.15) is 0 Å². The van der Waals surface area contributed by atoms with E-state index in [1.54, 1.807) is 12.1 Å². The molecular weight excluding hydrogens is 337 g/mol. The van der Waals surface area contributed by atoms with Gasteiger partial charge >= 0.3 is 0 Å². The van der Waals surface area contributed by atoms with Crippen molar-refractivity contribution in [3.8, 4) is 11.5 Å². The van der Waals surface area contributed by atoms with Gasteiger partial charge in [-0.15, -0.1) is 0 Å². The average Bonchev–Trinajstić information content (AvgIpc) is 2.63. The molecule has 2 atom stereocenters. The summed E-state index contributed by atoms with van der Waals surface area (Å²) in [6, 6.07) is 12.9. The maximum absolute atomic E-state index is 14.0. The van der Waals surface area contributed by atoms with Crippen LogP contribution < -0.4 is 10.5 Å². The van der Waals surface area contributed by atoms with Crippen molar-refractivity contribution < 1.29 is 9.13 Å². The fourth-order valence-corrected chi connectivity index (χ4v) is 5.75. The van der Waals surface area contributed by atoms with Gasteiger partial charge in [0.2, 0.25) is 0 Å². The van der Waals surface area contributed by atoms with E-state index in [9.17, 15) is 4.39 Å². The predicted molar refractivity (Wildman–Crippen MR) is 109 cm³/mol. The molecule has 0 amide bonds. The molecule has 2 aliphatic rings. The number of nitrogens with two attached hydrogens (primary N) is 1. The van der Waals surface area contributed by atoms with Crippen LogP contribution in [0.3, 0.4) is 0 Å². The number of ether oxygens (including phenoxy) is 1. The van der Waals surface area contributed by atoms with Crippen molar-refractivity contribution in [2.24, 2.45) is 17.8 Å². The highest BCUT2D eigenvalue weighted by Gasteiger charge is 2.43. The molecule has 2 nitrogen and oxygen atoms in total. The second kappa shape index (κ2) is 7.18. The predicted octanol–water partition coefficient (Wildman–Crippen LogP) is 6.69. The first-order valence-corrected chi connectivity index (χ1v) is 10.3. The van der Waals surface area contributed by atoms with Gasteiger partial charge in [0.15, 0.2) is 11.6 Å². The topological polar surface area (TPSA) is 35.2 Å². The van der Waals surface area contributed by atoms with Crippen molar-refractivity contribution in [3.05, 3.63) is 53.8 Å². The molecule has 27 heavy (non-hydrogen) atoms. The number of anilines is 1. The van der Waals surface area contributed by atoms with Crippen LogP contribution in [-0.2, 0) is 5.41 Å². The molecule has 0 spiro atoms. The fraction of sp³-hybridized carbons (Fsp3) is 0.500. The van der Waals surface area contributed by atoms with E-state index < -0.39 is 5.82 Å². The van der Waals surface area contributed by atoms with Crippen molar-refractivity contribution >= 4 is 5.69 Å². The fourth-order valence-electron chi connectivity index (χ4n) is 5.75. The van der Waals surface area contributed by atoms with Crippen LogP contribution in [0.5, 0.6) is 11.5 Å². The van der Waals surface area contributed by atoms with Crippen molar-refractivity contribution in [1.82, 2.24) is 0 Å². The van der Waals surface area contributed by atoms with Gasteiger partial charge in [0, 0.05) is 11.8 Å². The minimum atomic E-state index is -0.432. The maximum atomic E-state index is 14.0. The average molecular weight is 368 g/mol. The number of benzene rings is 2. The van der Waals surface area contributed by atoms with Crippen LogP contribution in [-0.4, -0.2) is 0 Å². The van der Waals surface area contributed by atoms with Gasteiger partial charge in [0.25, 0.3) is 0 Å². The van der Waals surface area contributed by atoms with Crippen molar-refractivity contribution in [2.45, 2.75) is 57.8 Å². The number of hydrogen-bond donors (Lipinski definition) is 1. The molecule has 0 aromatic heterocycles. The third-order valence-electron chi connectivity index (χ3n) is 6.82. The van der Waals surface area contributed by atoms with E-state index in [4.69, 9.17) is 10.5 Å². The SMILES string of the molecule is CCC1(c2ccc(Oc3ccc(N)cc3F)cc2)CC2CC(C)CC(C2)C1. The first kappa shape index (κ1) is 18.3. The van der Waals surface area contributed by atoms with Gasteiger partial charge in [-0.25, -0.2) is 4.39 Å². The molecule has 2 fully saturated rings. The monoisotopic (exact) mass is 367 g/mol. The van der Waals surface area contributed by atoms with E-state index in [2.05, 4.69) is 26.0 Å². The molecule has 2 aromatic carbocycles. The van der Waals surface area contributed by atoms with Gasteiger partial charge in [-0.05, 0) is 91.5 Å². The Labute approximate surface area is 161 Å². The molecule has 0 heterocycles. The van der Waals surface area contributed by atoms with Crippen molar-refractivity contribution in [1.29, 1.82) is 0 Å². The number of nitrogen functional groups attached to an aromatic ring is 1. The summed E-state index contributed by atoms with van der Waals surface area (Å²) >= 11 is 0. The summed E-state index contributed by atoms with van der Waals surface area (Å²) in [4.78, 5) is 0. The van der Waals surface area contributed by atoms with Gasteiger partial charge in [-0.1, -0.05) is 26.0 Å². The highest BCUT2D eigenvalue weighted by Crippen LogP contribution is 2.53. The first-order valence-electron chi connectivity index (χ1n) is 10.3. The Kier molecular flexibility index (Phi) is 4.88. The van der Waals surface area contributed by atoms with Gasteiger partial charge in [-0.3, -0.25) is 0 Å². The molecule has 0 aliphatic heterocycles. The van der Waals surface area contributed by atoms with E-state index in [1.165, 1.54) is 50.2 Å². The Balaban J connectivity index is 1.54. The van der Waals surface area contributed by atoms with E-state index in [0.29, 0.717) is 16.9 Å². The zero-order valence-electron chi connectivity index (χ0n) is 16.4. The van der Waals surface area contributed by atoms with Crippen LogP contribution in [0.25, 0.3) is 0 Å². The van der Waals surface area contributed by atoms with Crippen molar-refractivity contribution in [2.75, 3.05) is 5.73 Å². The molecule has 2 saturated carbocycles. The Morgan fingerprint density at radius 3 is 2.30 bits per heavy atom. The number of halogens is 1. The number of rotatable bonds is 4. The highest BCUT2D eigenvalue weighted by molar-refractivity contribution is 5.44. The third kappa shape index (κ3) is 3.69. The standard InChI is InChI=1S/C24H30FNO/c1-3-24(14-17-10-16(2)11-18(12-17)15-24)19-4-7-21(8-5-19)27-23-9-6-20(26)13-22(23)25/h4-9,13,16-18H,3,10-12,14-15,26H2,1-2H3. The maximum Gasteiger partial charge on any atom is 0.167 e. The minimum absolute atomic E-state index is 0.211. The Hall–Kier alpha value is -2.03. The minimum Gasteiger partial charge on any atom is -0.454 e. The third-order valence-corrected chi connectivity index (χ3v) is 6.82. The molecule has 3 heteroatoms. The molecule has 0 saturated heterocycles. The second-order valence-corrected chi connectivity index (χ2v) is 8.90. The van der Waals surface area contributed by atoms with E-state index >= 15 is 0 Å². The molecular formula is C24H30FNO. The van der Waals surface area contributed by atoms with Gasteiger partial charge < -0.3 is 10.5 Å². The van der Waals surface area contributed by atoms with E-state index in [0.717, 1.165) is 17.8 Å². The Bertz CT molecular complexity index is 783. The van der Waals surface area contributed by atoms with E-state index in [-0.39, 0.29) is 5.75 Å². The Morgan fingerprint density at radius 1 is 1.04 bits per heavy atom. The zero-order chi connectivity index (χ0) is 19.0. The lowest BCUT2D eigenvalue weighted by molar-refractivity contribution is 0.0788. The molecule has 2 unspecified atom stereocenters. The summed E-state index contributed by atoms with van der Waals surface area (Å²) < 4.78 is 19.7. The van der Waals surface area contributed by atoms with Crippen LogP contribution in [0, 0.1) is 23.6 Å². The smallest absolute Gasteiger partial charge is 0.167 e. The normalized spacial score (nSPS) is 30.1. The van der Waals surface area contributed by atoms with Crippen LogP contribution in [0.15, 0.2) is 42.5 Å². The second-order valence-electron chi connectivity index (χ2n) is 8.90. The lowest BCUT2D eigenvalue weighted by Gasteiger charge is -2.49. The first-order chi connectivity index (χ1) is 13.0. The molecule has 2 aromatic rings. The van der Waals surface area contributed by atoms with Crippen LogP contribution in [0.2, 0.25) is 0 Å². The van der Waals surface area contributed by atoms with Crippen molar-refractivity contribution in [3.63, 3.8) is 0 Å². The van der Waals surface area contributed by atoms with Crippen LogP contribution >= 0.6 is 0 Å². The summed E-state index contributed by atoms with van der Waals surface area (Å²) in [6.45, 7) is 4.75. The lowest BCUT2D eigenvalue weighted by atomic mass is 9.56.